The SMILES string of the molecule is C=C(C)C(=O)OCCCNC=C(C)C(=O)NCCC[N+](C)(C)C(CCCC=O)CC(=O)O. The molecular formula is C23H40N3O6+. The molecule has 32 heavy (non-hydrogen) atoms. The fraction of sp³-hybridized carbons (Fsp3) is 0.652. The predicted molar refractivity (Wildman–Crippen MR) is 123 cm³/mol. The number of amides is 1. The number of aldehydes is 1. The quantitative estimate of drug-likeness (QED) is 0.0949. The summed E-state index contributed by atoms with van der Waals surface area (Å²) in [6.07, 6.45) is 5.64. The molecule has 0 aliphatic heterocycles. The third-order valence-corrected chi connectivity index (χ3v) is 5.18. The van der Waals surface area contributed by atoms with E-state index in [-0.39, 0.29) is 25.0 Å². The molecular weight excluding hydrogens is 414 g/mol. The van der Waals surface area contributed by atoms with Gasteiger partial charge in [-0.1, -0.05) is 6.58 Å². The maximum atomic E-state index is 12.2. The fourth-order valence-electron chi connectivity index (χ4n) is 3.10. The number of carboxylic acids is 1. The van der Waals surface area contributed by atoms with Gasteiger partial charge in [-0.15, -0.1) is 0 Å². The Labute approximate surface area is 191 Å². The number of ether oxygens (including phenoxy) is 1. The van der Waals surface area contributed by atoms with Crippen molar-refractivity contribution in [2.75, 3.05) is 40.3 Å². The first-order valence-corrected chi connectivity index (χ1v) is 11.0. The molecule has 0 saturated heterocycles. The van der Waals surface area contributed by atoms with E-state index in [0.29, 0.717) is 67.4 Å². The van der Waals surface area contributed by atoms with Gasteiger partial charge in [0.25, 0.3) is 0 Å². The number of nitrogens with one attached hydrogen (secondary N) is 2. The number of unbranched alkanes of at least 4 members (excludes halogenated alkanes) is 1. The monoisotopic (exact) mass is 454 g/mol. The maximum absolute atomic E-state index is 12.2. The Hall–Kier alpha value is -2.68. The summed E-state index contributed by atoms with van der Waals surface area (Å²) in [6.45, 7) is 8.85. The second-order valence-electron chi connectivity index (χ2n) is 8.51. The molecule has 182 valence electrons. The van der Waals surface area contributed by atoms with Crippen LogP contribution in [0.25, 0.3) is 0 Å². The number of hydrogen-bond acceptors (Lipinski definition) is 6. The van der Waals surface area contributed by atoms with Crippen LogP contribution in [-0.4, -0.2) is 80.1 Å². The van der Waals surface area contributed by atoms with Crippen LogP contribution in [0.4, 0.5) is 0 Å². The number of carbonyl (C=O) groups excluding carboxylic acids is 3. The van der Waals surface area contributed by atoms with Gasteiger partial charge in [0.05, 0.1) is 39.7 Å². The molecule has 0 aliphatic carbocycles. The van der Waals surface area contributed by atoms with Crippen LogP contribution < -0.4 is 10.6 Å². The molecule has 0 aromatic rings. The molecule has 0 bridgehead atoms. The average molecular weight is 455 g/mol. The highest BCUT2D eigenvalue weighted by Crippen LogP contribution is 2.18. The minimum absolute atomic E-state index is 0.0537. The summed E-state index contributed by atoms with van der Waals surface area (Å²) in [7, 11) is 3.97. The molecule has 9 nitrogen and oxygen atoms in total. The lowest BCUT2D eigenvalue weighted by Crippen LogP contribution is -2.51. The van der Waals surface area contributed by atoms with Crippen LogP contribution in [0.3, 0.4) is 0 Å². The molecule has 0 heterocycles. The van der Waals surface area contributed by atoms with E-state index in [4.69, 9.17) is 4.74 Å². The molecule has 0 fully saturated rings. The Kier molecular flexibility index (Phi) is 14.7. The van der Waals surface area contributed by atoms with E-state index in [0.717, 1.165) is 6.29 Å². The van der Waals surface area contributed by atoms with Gasteiger partial charge in [0, 0.05) is 49.7 Å². The highest BCUT2D eigenvalue weighted by atomic mass is 16.5. The maximum Gasteiger partial charge on any atom is 0.333 e. The molecule has 9 heteroatoms. The molecule has 1 atom stereocenters. The highest BCUT2D eigenvalue weighted by molar-refractivity contribution is 5.92. The Bertz CT molecular complexity index is 673. The van der Waals surface area contributed by atoms with Crippen molar-refractivity contribution >= 4 is 24.1 Å². The van der Waals surface area contributed by atoms with Crippen LogP contribution in [0.1, 0.15) is 52.4 Å². The van der Waals surface area contributed by atoms with E-state index in [1.54, 1.807) is 20.0 Å². The first-order valence-electron chi connectivity index (χ1n) is 11.0. The molecule has 0 spiro atoms. The average Bonchev–Trinajstić information content (AvgIpc) is 2.72. The summed E-state index contributed by atoms with van der Waals surface area (Å²) in [4.78, 5) is 45.2. The fourth-order valence-corrected chi connectivity index (χ4v) is 3.10. The number of carbonyl (C=O) groups is 4. The summed E-state index contributed by atoms with van der Waals surface area (Å²) < 4.78 is 5.51. The normalized spacial score (nSPS) is 12.6. The summed E-state index contributed by atoms with van der Waals surface area (Å²) in [5.74, 6) is -1.43. The van der Waals surface area contributed by atoms with Crippen LogP contribution in [0.5, 0.6) is 0 Å². The molecule has 0 saturated carbocycles. The van der Waals surface area contributed by atoms with Gasteiger partial charge in [-0.05, 0) is 26.7 Å². The number of esters is 1. The minimum atomic E-state index is -0.845. The lowest BCUT2D eigenvalue weighted by molar-refractivity contribution is -0.915. The van der Waals surface area contributed by atoms with Crippen molar-refractivity contribution in [1.82, 2.24) is 10.6 Å². The minimum Gasteiger partial charge on any atom is -0.481 e. The van der Waals surface area contributed by atoms with Crippen molar-refractivity contribution in [1.29, 1.82) is 0 Å². The van der Waals surface area contributed by atoms with E-state index in [1.807, 2.05) is 14.1 Å². The van der Waals surface area contributed by atoms with Crippen LogP contribution in [-0.2, 0) is 23.9 Å². The Morgan fingerprint density at radius 1 is 1.12 bits per heavy atom. The second-order valence-corrected chi connectivity index (χ2v) is 8.51. The third kappa shape index (κ3) is 13.6. The van der Waals surface area contributed by atoms with Gasteiger partial charge in [0.15, 0.2) is 0 Å². The number of carboxylic acid groups (broad SMARTS) is 1. The van der Waals surface area contributed by atoms with E-state index >= 15 is 0 Å². The van der Waals surface area contributed by atoms with Crippen LogP contribution >= 0.6 is 0 Å². The van der Waals surface area contributed by atoms with Crippen molar-refractivity contribution in [2.45, 2.75) is 58.4 Å². The standard InChI is InChI=1S/C23H39N3O6/c1-18(2)23(31)32-15-9-11-24-17-19(3)22(30)25-12-8-13-26(4,5)20(16-21(28)29)10-6-7-14-27/h14,17,20H,1,6-13,15-16H2,2-5H3,(H2-,24,25,28,29,30)/p+1. The zero-order valence-corrected chi connectivity index (χ0v) is 19.9. The van der Waals surface area contributed by atoms with E-state index in [9.17, 15) is 24.3 Å². The first kappa shape index (κ1) is 29.3. The van der Waals surface area contributed by atoms with E-state index < -0.39 is 11.9 Å². The Morgan fingerprint density at radius 2 is 1.81 bits per heavy atom. The molecule has 0 aliphatic rings. The second kappa shape index (κ2) is 16.0. The van der Waals surface area contributed by atoms with Gasteiger partial charge in [0.1, 0.15) is 6.29 Å². The third-order valence-electron chi connectivity index (χ3n) is 5.18. The summed E-state index contributed by atoms with van der Waals surface area (Å²) in [5, 5.41) is 15.1. The number of hydrogen-bond donors (Lipinski definition) is 3. The van der Waals surface area contributed by atoms with Crippen molar-refractivity contribution < 1.29 is 33.5 Å². The smallest absolute Gasteiger partial charge is 0.333 e. The number of quaternary nitrogens is 1. The number of aliphatic carboxylic acids is 1. The molecule has 3 N–H and O–H groups in total. The number of nitrogens with zero attached hydrogens (tertiary/aromatic N) is 1. The Balaban J connectivity index is 4.28. The highest BCUT2D eigenvalue weighted by Gasteiger charge is 2.29. The van der Waals surface area contributed by atoms with E-state index in [1.165, 1.54) is 0 Å². The molecule has 0 aromatic carbocycles. The molecule has 0 radical (unpaired) electrons. The van der Waals surface area contributed by atoms with Gasteiger partial charge in [0.2, 0.25) is 5.91 Å². The van der Waals surface area contributed by atoms with E-state index in [2.05, 4.69) is 17.2 Å². The van der Waals surface area contributed by atoms with Crippen LogP contribution in [0, 0.1) is 0 Å². The van der Waals surface area contributed by atoms with Gasteiger partial charge < -0.3 is 29.8 Å². The summed E-state index contributed by atoms with van der Waals surface area (Å²) in [6, 6.07) is -0.0800. The van der Waals surface area contributed by atoms with Crippen molar-refractivity contribution in [3.05, 3.63) is 23.9 Å². The zero-order valence-electron chi connectivity index (χ0n) is 19.9. The molecule has 0 rings (SSSR count). The molecule has 1 amide bonds. The number of rotatable bonds is 18. The predicted octanol–water partition coefficient (Wildman–Crippen LogP) is 1.78. The topological polar surface area (TPSA) is 122 Å². The summed E-state index contributed by atoms with van der Waals surface area (Å²) >= 11 is 0. The Morgan fingerprint density at radius 3 is 2.41 bits per heavy atom. The lowest BCUT2D eigenvalue weighted by Gasteiger charge is -2.37. The van der Waals surface area contributed by atoms with Crippen molar-refractivity contribution in [2.24, 2.45) is 0 Å². The largest absolute Gasteiger partial charge is 0.481 e. The van der Waals surface area contributed by atoms with Crippen LogP contribution in [0.2, 0.25) is 0 Å². The molecule has 1 unspecified atom stereocenters. The zero-order chi connectivity index (χ0) is 24.6. The van der Waals surface area contributed by atoms with Gasteiger partial charge in [-0.25, -0.2) is 4.79 Å². The lowest BCUT2D eigenvalue weighted by atomic mass is 10.0. The van der Waals surface area contributed by atoms with Crippen LogP contribution in [0.15, 0.2) is 23.9 Å². The van der Waals surface area contributed by atoms with Crippen molar-refractivity contribution in [3.63, 3.8) is 0 Å². The summed E-state index contributed by atoms with van der Waals surface area (Å²) in [5.41, 5.74) is 0.901. The first-order chi connectivity index (χ1) is 15.0. The van der Waals surface area contributed by atoms with Gasteiger partial charge in [-0.2, -0.15) is 0 Å². The molecule has 0 aromatic heterocycles. The van der Waals surface area contributed by atoms with Gasteiger partial charge >= 0.3 is 11.9 Å². The van der Waals surface area contributed by atoms with Gasteiger partial charge in [-0.3, -0.25) is 9.59 Å². The van der Waals surface area contributed by atoms with Crippen molar-refractivity contribution in [3.8, 4) is 0 Å².